The number of nitrogens with zero attached hydrogens (tertiary/aromatic N) is 1. The lowest BCUT2D eigenvalue weighted by molar-refractivity contribution is -0.0815. The first-order chi connectivity index (χ1) is 15.2. The van der Waals surface area contributed by atoms with Crippen molar-refractivity contribution in [3.05, 3.63) is 54.0 Å². The minimum Gasteiger partial charge on any atom is -0.497 e. The van der Waals surface area contributed by atoms with Crippen LogP contribution in [-0.2, 0) is 17.6 Å². The summed E-state index contributed by atoms with van der Waals surface area (Å²) in [5, 5.41) is 7.24. The van der Waals surface area contributed by atoms with Gasteiger partial charge in [-0.2, -0.15) is 0 Å². The van der Waals surface area contributed by atoms with Crippen LogP contribution in [0.2, 0.25) is 0 Å². The Balaban J connectivity index is 1.33. The molecule has 2 aromatic rings. The average molecular weight is 426 g/mol. The van der Waals surface area contributed by atoms with Crippen LogP contribution >= 0.6 is 0 Å². The second-order valence-electron chi connectivity index (χ2n) is 8.66. The highest BCUT2D eigenvalue weighted by Crippen LogP contribution is 2.39. The zero-order chi connectivity index (χ0) is 21.4. The molecular weight excluding hydrogens is 390 g/mol. The van der Waals surface area contributed by atoms with E-state index in [1.165, 1.54) is 31.2 Å². The van der Waals surface area contributed by atoms with Gasteiger partial charge in [-0.15, -0.1) is 0 Å². The minimum absolute atomic E-state index is 0.0955. The molecule has 4 rings (SSSR count). The highest BCUT2D eigenvalue weighted by atomic mass is 16.5. The second-order valence-corrected chi connectivity index (χ2v) is 8.66. The van der Waals surface area contributed by atoms with Gasteiger partial charge in [-0.3, -0.25) is 4.99 Å². The summed E-state index contributed by atoms with van der Waals surface area (Å²) in [5.41, 5.74) is 1.37. The lowest BCUT2D eigenvalue weighted by atomic mass is 9.89. The molecule has 2 aliphatic rings. The maximum atomic E-state index is 6.20. The van der Waals surface area contributed by atoms with Crippen LogP contribution in [0.4, 0.5) is 0 Å². The van der Waals surface area contributed by atoms with E-state index >= 15 is 0 Å². The van der Waals surface area contributed by atoms with Crippen LogP contribution in [0.5, 0.6) is 5.75 Å². The van der Waals surface area contributed by atoms with Crippen molar-refractivity contribution < 1.29 is 13.9 Å². The topological polar surface area (TPSA) is 68.0 Å². The summed E-state index contributed by atoms with van der Waals surface area (Å²) >= 11 is 0. The largest absolute Gasteiger partial charge is 0.497 e. The van der Waals surface area contributed by atoms with Gasteiger partial charge < -0.3 is 24.5 Å². The van der Waals surface area contributed by atoms with Crippen molar-refractivity contribution in [2.45, 2.75) is 63.0 Å². The Morgan fingerprint density at radius 3 is 2.74 bits per heavy atom. The molecule has 1 atom stereocenters. The molecule has 2 heterocycles. The Morgan fingerprint density at radius 2 is 2.00 bits per heavy atom. The molecule has 168 valence electrons. The predicted octanol–water partition coefficient (Wildman–Crippen LogP) is 4.10. The summed E-state index contributed by atoms with van der Waals surface area (Å²) < 4.78 is 16.9. The molecule has 1 aromatic carbocycles. The van der Waals surface area contributed by atoms with Gasteiger partial charge in [-0.25, -0.2) is 0 Å². The number of nitrogens with one attached hydrogen (secondary N) is 2. The first-order valence-corrected chi connectivity index (χ1v) is 11.6. The van der Waals surface area contributed by atoms with Gasteiger partial charge in [0.2, 0.25) is 0 Å². The van der Waals surface area contributed by atoms with Gasteiger partial charge in [0.1, 0.15) is 11.5 Å². The lowest BCUT2D eigenvalue weighted by Crippen LogP contribution is -2.51. The molecule has 1 spiro atoms. The molecule has 1 saturated carbocycles. The zero-order valence-electron chi connectivity index (χ0n) is 18.6. The zero-order valence-corrected chi connectivity index (χ0v) is 18.6. The fourth-order valence-electron chi connectivity index (χ4n) is 4.71. The predicted molar refractivity (Wildman–Crippen MR) is 123 cm³/mol. The number of aliphatic imine (C=N–C) groups is 1. The number of furan rings is 1. The van der Waals surface area contributed by atoms with E-state index in [-0.39, 0.29) is 5.60 Å². The Kier molecular flexibility index (Phi) is 7.52. The molecule has 0 amide bonds. The Labute approximate surface area is 185 Å². The smallest absolute Gasteiger partial charge is 0.191 e. The molecule has 31 heavy (non-hydrogen) atoms. The summed E-state index contributed by atoms with van der Waals surface area (Å²) in [5.74, 6) is 2.75. The quantitative estimate of drug-likeness (QED) is 0.492. The first kappa shape index (κ1) is 21.8. The van der Waals surface area contributed by atoms with Crippen molar-refractivity contribution in [1.29, 1.82) is 0 Å². The third-order valence-electron chi connectivity index (χ3n) is 6.42. The van der Waals surface area contributed by atoms with Crippen LogP contribution in [0.3, 0.4) is 0 Å². The Bertz CT molecular complexity index is 811. The number of benzene rings is 1. The van der Waals surface area contributed by atoms with Crippen molar-refractivity contribution >= 4 is 5.96 Å². The third kappa shape index (κ3) is 6.26. The van der Waals surface area contributed by atoms with Crippen molar-refractivity contribution in [3.63, 3.8) is 0 Å². The highest BCUT2D eigenvalue weighted by Gasteiger charge is 2.40. The third-order valence-corrected chi connectivity index (χ3v) is 6.42. The van der Waals surface area contributed by atoms with Gasteiger partial charge in [-0.1, -0.05) is 25.0 Å². The molecule has 0 bridgehead atoms. The number of hydrogen-bond donors (Lipinski definition) is 2. The van der Waals surface area contributed by atoms with Gasteiger partial charge in [0, 0.05) is 32.2 Å². The number of guanidine groups is 1. The number of hydrogen-bond acceptors (Lipinski definition) is 4. The summed E-state index contributed by atoms with van der Waals surface area (Å²) in [6, 6.07) is 12.6. The van der Waals surface area contributed by atoms with Crippen molar-refractivity contribution in [3.8, 4) is 5.75 Å². The lowest BCUT2D eigenvalue weighted by Gasteiger charge is -2.39. The highest BCUT2D eigenvalue weighted by molar-refractivity contribution is 5.80. The van der Waals surface area contributed by atoms with Crippen LogP contribution in [0.15, 0.2) is 52.1 Å². The molecule has 2 N–H and O–H groups in total. The molecule has 6 heteroatoms. The van der Waals surface area contributed by atoms with E-state index in [2.05, 4.69) is 22.8 Å². The number of ether oxygens (including phenoxy) is 2. The molecule has 1 saturated heterocycles. The van der Waals surface area contributed by atoms with Crippen LogP contribution in [0, 0.1) is 0 Å². The van der Waals surface area contributed by atoms with Crippen molar-refractivity contribution in [1.82, 2.24) is 10.6 Å². The van der Waals surface area contributed by atoms with Crippen LogP contribution in [-0.4, -0.2) is 44.4 Å². The van der Waals surface area contributed by atoms with Crippen molar-refractivity contribution in [2.24, 2.45) is 4.99 Å². The molecule has 1 aliphatic heterocycles. The molecule has 1 aromatic heterocycles. The average Bonchev–Trinajstić information content (AvgIpc) is 3.47. The van der Waals surface area contributed by atoms with E-state index in [0.29, 0.717) is 12.6 Å². The molecule has 2 fully saturated rings. The standard InChI is InChI=1S/C25H35N3O3/c1-29-22-8-6-20(7-9-22)10-15-26-24(27-16-11-23-5-4-17-30-23)28-21-12-18-31-25(19-21)13-2-3-14-25/h4-9,17,21H,2-3,10-16,18-19H2,1H3,(H2,26,27,28). The maximum Gasteiger partial charge on any atom is 0.191 e. The van der Waals surface area contributed by atoms with E-state index in [9.17, 15) is 0 Å². The molecule has 1 unspecified atom stereocenters. The van der Waals surface area contributed by atoms with Crippen LogP contribution in [0.1, 0.15) is 49.8 Å². The SMILES string of the molecule is COc1ccc(CCNC(=NCCc2ccco2)NC2CCOC3(CCCC3)C2)cc1. The maximum absolute atomic E-state index is 6.20. The number of rotatable bonds is 8. The van der Waals surface area contributed by atoms with E-state index in [4.69, 9.17) is 18.9 Å². The molecule has 6 nitrogen and oxygen atoms in total. The summed E-state index contributed by atoms with van der Waals surface area (Å²) in [6.07, 6.45) is 10.5. The summed E-state index contributed by atoms with van der Waals surface area (Å²) in [4.78, 5) is 4.84. The van der Waals surface area contributed by atoms with Gasteiger partial charge >= 0.3 is 0 Å². The van der Waals surface area contributed by atoms with E-state index < -0.39 is 0 Å². The van der Waals surface area contributed by atoms with E-state index in [1.807, 2.05) is 24.3 Å². The fourth-order valence-corrected chi connectivity index (χ4v) is 4.71. The monoisotopic (exact) mass is 425 g/mol. The van der Waals surface area contributed by atoms with E-state index in [1.54, 1.807) is 13.4 Å². The summed E-state index contributed by atoms with van der Waals surface area (Å²) in [7, 11) is 1.69. The Hall–Kier alpha value is -2.47. The first-order valence-electron chi connectivity index (χ1n) is 11.6. The van der Waals surface area contributed by atoms with Gasteiger partial charge in [0.05, 0.1) is 19.0 Å². The molecular formula is C25H35N3O3. The summed E-state index contributed by atoms with van der Waals surface area (Å²) in [6.45, 7) is 2.36. The second kappa shape index (κ2) is 10.7. The van der Waals surface area contributed by atoms with Gasteiger partial charge in [0.15, 0.2) is 5.96 Å². The minimum atomic E-state index is 0.0955. The fraction of sp³-hybridized carbons (Fsp3) is 0.560. The Morgan fingerprint density at radius 1 is 1.16 bits per heavy atom. The number of methoxy groups -OCH3 is 1. The molecule has 1 aliphatic carbocycles. The van der Waals surface area contributed by atoms with Crippen LogP contribution < -0.4 is 15.4 Å². The van der Waals surface area contributed by atoms with Crippen LogP contribution in [0.25, 0.3) is 0 Å². The molecule has 0 radical (unpaired) electrons. The van der Waals surface area contributed by atoms with Crippen molar-refractivity contribution in [2.75, 3.05) is 26.8 Å². The van der Waals surface area contributed by atoms with Gasteiger partial charge in [0.25, 0.3) is 0 Å². The van der Waals surface area contributed by atoms with Gasteiger partial charge in [-0.05, 0) is 61.9 Å². The van der Waals surface area contributed by atoms with E-state index in [0.717, 1.165) is 56.3 Å². The normalized spacial score (nSPS) is 20.7.